The Morgan fingerprint density at radius 3 is 2.43 bits per heavy atom. The number of carbonyl (C=O) groups excluding carboxylic acids is 1. The maximum Gasteiger partial charge on any atom is 0.234 e. The first-order chi connectivity index (χ1) is 6.85. The Hall–Kier alpha value is -0.620. The molecule has 82 valence electrons. The second-order valence-corrected chi connectivity index (χ2v) is 3.89. The van der Waals surface area contributed by atoms with E-state index in [2.05, 4.69) is 18.8 Å². The molecule has 0 aromatic rings. The van der Waals surface area contributed by atoms with Gasteiger partial charge in [0.1, 0.15) is 0 Å². The summed E-state index contributed by atoms with van der Waals surface area (Å²) in [5.74, 6) is 0.884. The van der Waals surface area contributed by atoms with Gasteiger partial charge in [0.05, 0.1) is 6.54 Å². The second-order valence-electron chi connectivity index (χ2n) is 3.89. The van der Waals surface area contributed by atoms with Crippen LogP contribution in [0.4, 0.5) is 0 Å². The number of hydrogen-bond acceptors (Lipinski definition) is 2. The molecule has 2 heteroatoms. The summed E-state index contributed by atoms with van der Waals surface area (Å²) in [6.45, 7) is 5.17. The molecule has 0 amide bonds. The molecular formula is C12H23NO. The summed E-state index contributed by atoms with van der Waals surface area (Å²) in [5, 5.41) is 0. The number of nitrogens with zero attached hydrogens (tertiary/aromatic N) is 1. The molecule has 0 aromatic heterocycles. The van der Waals surface area contributed by atoms with Crippen LogP contribution in [0.5, 0.6) is 0 Å². The summed E-state index contributed by atoms with van der Waals surface area (Å²) in [4.78, 5) is 13.4. The molecule has 0 radical (unpaired) electrons. The van der Waals surface area contributed by atoms with E-state index in [0.29, 0.717) is 6.54 Å². The zero-order valence-electron chi connectivity index (χ0n) is 9.59. The van der Waals surface area contributed by atoms with Gasteiger partial charge in [-0.3, -0.25) is 0 Å². The van der Waals surface area contributed by atoms with Crippen molar-refractivity contribution in [3.05, 3.63) is 0 Å². The molecule has 1 unspecified atom stereocenters. The molecule has 0 aliphatic rings. The molecule has 0 rings (SSSR count). The molecule has 0 N–H and O–H groups in total. The Labute approximate surface area is 87.8 Å². The fraction of sp³-hybridized carbons (Fsp3) is 0.917. The minimum Gasteiger partial charge on any atom is -0.211 e. The van der Waals surface area contributed by atoms with Crippen molar-refractivity contribution in [1.29, 1.82) is 0 Å². The average molecular weight is 197 g/mol. The van der Waals surface area contributed by atoms with Crippen LogP contribution in [-0.2, 0) is 4.79 Å². The number of unbranched alkanes of at least 4 members (excludes halogenated alkanes) is 2. The smallest absolute Gasteiger partial charge is 0.211 e. The molecule has 0 spiro atoms. The molecule has 0 saturated heterocycles. The fourth-order valence-corrected chi connectivity index (χ4v) is 1.71. The lowest BCUT2D eigenvalue weighted by Gasteiger charge is -2.13. The molecule has 0 heterocycles. The van der Waals surface area contributed by atoms with Gasteiger partial charge in [-0.25, -0.2) is 9.79 Å². The van der Waals surface area contributed by atoms with Gasteiger partial charge in [0.2, 0.25) is 6.08 Å². The Kier molecular flexibility index (Phi) is 10.00. The van der Waals surface area contributed by atoms with E-state index in [9.17, 15) is 4.79 Å². The van der Waals surface area contributed by atoms with Gasteiger partial charge in [-0.2, -0.15) is 0 Å². The van der Waals surface area contributed by atoms with E-state index in [1.54, 1.807) is 6.08 Å². The van der Waals surface area contributed by atoms with Crippen molar-refractivity contribution in [3.8, 4) is 0 Å². The van der Waals surface area contributed by atoms with Gasteiger partial charge in [0.25, 0.3) is 0 Å². The predicted octanol–water partition coefficient (Wildman–Crippen LogP) is 3.71. The summed E-state index contributed by atoms with van der Waals surface area (Å²) in [6, 6.07) is 0. The summed E-state index contributed by atoms with van der Waals surface area (Å²) in [6.07, 6.45) is 10.4. The lowest BCUT2D eigenvalue weighted by Crippen LogP contribution is -1.99. The number of aliphatic imine (C=N–C) groups is 1. The first-order valence-electron chi connectivity index (χ1n) is 5.88. The molecule has 14 heavy (non-hydrogen) atoms. The standard InChI is InChI=1S/C12H23NO/c1-3-5-8-12(4-2)9-6-7-10-13-11-14/h12H,3-10H2,1-2H3. The first kappa shape index (κ1) is 13.4. The molecule has 0 aliphatic heterocycles. The highest BCUT2D eigenvalue weighted by molar-refractivity contribution is 5.32. The third kappa shape index (κ3) is 8.00. The molecule has 0 fully saturated rings. The molecular weight excluding hydrogens is 174 g/mol. The third-order valence-corrected chi connectivity index (χ3v) is 2.74. The predicted molar refractivity (Wildman–Crippen MR) is 60.1 cm³/mol. The van der Waals surface area contributed by atoms with E-state index in [0.717, 1.165) is 12.3 Å². The van der Waals surface area contributed by atoms with Crippen LogP contribution in [0.25, 0.3) is 0 Å². The van der Waals surface area contributed by atoms with Crippen molar-refractivity contribution < 1.29 is 4.79 Å². The van der Waals surface area contributed by atoms with E-state index in [-0.39, 0.29) is 0 Å². The van der Waals surface area contributed by atoms with Gasteiger partial charge in [0.15, 0.2) is 0 Å². The van der Waals surface area contributed by atoms with Crippen LogP contribution in [0, 0.1) is 5.92 Å². The summed E-state index contributed by atoms with van der Waals surface area (Å²) in [7, 11) is 0. The minimum absolute atomic E-state index is 0.660. The number of rotatable bonds is 9. The number of hydrogen-bond donors (Lipinski definition) is 0. The topological polar surface area (TPSA) is 29.4 Å². The van der Waals surface area contributed by atoms with E-state index < -0.39 is 0 Å². The second kappa shape index (κ2) is 10.5. The van der Waals surface area contributed by atoms with Crippen LogP contribution in [0.2, 0.25) is 0 Å². The van der Waals surface area contributed by atoms with E-state index in [4.69, 9.17) is 0 Å². The van der Waals surface area contributed by atoms with Crippen molar-refractivity contribution in [2.45, 2.75) is 58.8 Å². The van der Waals surface area contributed by atoms with Crippen molar-refractivity contribution in [1.82, 2.24) is 0 Å². The van der Waals surface area contributed by atoms with Gasteiger partial charge in [0, 0.05) is 0 Å². The lowest BCUT2D eigenvalue weighted by atomic mass is 9.94. The van der Waals surface area contributed by atoms with Crippen LogP contribution in [0.3, 0.4) is 0 Å². The quantitative estimate of drug-likeness (QED) is 0.315. The molecule has 2 nitrogen and oxygen atoms in total. The van der Waals surface area contributed by atoms with E-state index in [1.165, 1.54) is 38.5 Å². The van der Waals surface area contributed by atoms with Gasteiger partial charge in [-0.05, 0) is 12.3 Å². The van der Waals surface area contributed by atoms with Gasteiger partial charge in [-0.1, -0.05) is 52.4 Å². The zero-order chi connectivity index (χ0) is 10.6. The first-order valence-corrected chi connectivity index (χ1v) is 5.88. The summed E-state index contributed by atoms with van der Waals surface area (Å²) in [5.41, 5.74) is 0. The van der Waals surface area contributed by atoms with E-state index >= 15 is 0 Å². The average Bonchev–Trinajstić information content (AvgIpc) is 2.22. The van der Waals surface area contributed by atoms with Crippen molar-refractivity contribution >= 4 is 6.08 Å². The van der Waals surface area contributed by atoms with Crippen LogP contribution in [0.1, 0.15) is 58.8 Å². The van der Waals surface area contributed by atoms with Crippen LogP contribution >= 0.6 is 0 Å². The maximum atomic E-state index is 9.81. The lowest BCUT2D eigenvalue weighted by molar-refractivity contribution is 0.406. The molecule has 1 atom stereocenters. The largest absolute Gasteiger partial charge is 0.234 e. The Morgan fingerprint density at radius 1 is 1.14 bits per heavy atom. The highest BCUT2D eigenvalue weighted by atomic mass is 16.1. The normalized spacial score (nSPS) is 12.1. The van der Waals surface area contributed by atoms with Crippen molar-refractivity contribution in [2.24, 2.45) is 10.9 Å². The highest BCUT2D eigenvalue weighted by Gasteiger charge is 2.04. The Balaban J connectivity index is 3.37. The van der Waals surface area contributed by atoms with Gasteiger partial charge < -0.3 is 0 Å². The van der Waals surface area contributed by atoms with Crippen molar-refractivity contribution in [3.63, 3.8) is 0 Å². The monoisotopic (exact) mass is 197 g/mol. The van der Waals surface area contributed by atoms with Crippen molar-refractivity contribution in [2.75, 3.05) is 6.54 Å². The Morgan fingerprint density at radius 2 is 1.86 bits per heavy atom. The van der Waals surface area contributed by atoms with Gasteiger partial charge in [-0.15, -0.1) is 0 Å². The minimum atomic E-state index is 0.660. The summed E-state index contributed by atoms with van der Waals surface area (Å²) >= 11 is 0. The highest BCUT2D eigenvalue weighted by Crippen LogP contribution is 2.19. The molecule has 0 aromatic carbocycles. The maximum absolute atomic E-state index is 9.81. The van der Waals surface area contributed by atoms with Crippen LogP contribution < -0.4 is 0 Å². The Bertz CT molecular complexity index is 162. The molecule has 0 bridgehead atoms. The third-order valence-electron chi connectivity index (χ3n) is 2.74. The van der Waals surface area contributed by atoms with Crippen LogP contribution in [-0.4, -0.2) is 12.6 Å². The SMILES string of the molecule is CCCCC(CC)CCCCN=C=O. The summed E-state index contributed by atoms with van der Waals surface area (Å²) < 4.78 is 0. The zero-order valence-corrected chi connectivity index (χ0v) is 9.59. The van der Waals surface area contributed by atoms with E-state index in [1.807, 2.05) is 0 Å². The molecule has 0 saturated carbocycles. The molecule has 0 aliphatic carbocycles. The number of isocyanates is 1. The van der Waals surface area contributed by atoms with Crippen LogP contribution in [0.15, 0.2) is 4.99 Å². The fourth-order valence-electron chi connectivity index (χ4n) is 1.71. The van der Waals surface area contributed by atoms with Gasteiger partial charge >= 0.3 is 0 Å².